The van der Waals surface area contributed by atoms with Crippen molar-refractivity contribution < 1.29 is 13.9 Å². The lowest BCUT2D eigenvalue weighted by molar-refractivity contribution is 0.0700. The van der Waals surface area contributed by atoms with Gasteiger partial charge in [-0.05, 0) is 31.2 Å². The van der Waals surface area contributed by atoms with E-state index in [1.165, 1.54) is 0 Å². The van der Waals surface area contributed by atoms with Gasteiger partial charge in [-0.15, -0.1) is 0 Å². The lowest BCUT2D eigenvalue weighted by Crippen LogP contribution is -2.07. The predicted molar refractivity (Wildman–Crippen MR) is 74.8 cm³/mol. The zero-order valence-electron chi connectivity index (χ0n) is 11.6. The van der Waals surface area contributed by atoms with E-state index in [9.17, 15) is 4.79 Å². The molecule has 0 aliphatic heterocycles. The number of hydrogen-bond donors (Lipinski definition) is 0. The summed E-state index contributed by atoms with van der Waals surface area (Å²) in [6, 6.07) is 10.3. The van der Waals surface area contributed by atoms with Crippen LogP contribution in [0.5, 0.6) is 5.75 Å². The number of carbonyl (C=O) groups excluding carboxylic acids is 1. The van der Waals surface area contributed by atoms with Gasteiger partial charge in [-0.3, -0.25) is 4.68 Å². The summed E-state index contributed by atoms with van der Waals surface area (Å²) in [6.07, 6.45) is 1.61. The van der Waals surface area contributed by atoms with Crippen molar-refractivity contribution in [1.29, 1.82) is 0 Å². The SMILES string of the molecule is Cc1ccc(C(=O)Oc2cccc(-c3ncn(C)n3)c2)o1. The van der Waals surface area contributed by atoms with E-state index in [1.54, 1.807) is 55.3 Å². The summed E-state index contributed by atoms with van der Waals surface area (Å²) in [5.74, 6) is 1.29. The van der Waals surface area contributed by atoms with Gasteiger partial charge in [-0.1, -0.05) is 12.1 Å². The summed E-state index contributed by atoms with van der Waals surface area (Å²) in [5.41, 5.74) is 0.775. The Morgan fingerprint density at radius 1 is 1.29 bits per heavy atom. The van der Waals surface area contributed by atoms with Gasteiger partial charge in [0.2, 0.25) is 5.76 Å². The van der Waals surface area contributed by atoms with Crippen LogP contribution in [-0.2, 0) is 7.05 Å². The largest absolute Gasteiger partial charge is 0.454 e. The molecule has 0 radical (unpaired) electrons. The van der Waals surface area contributed by atoms with Gasteiger partial charge < -0.3 is 9.15 Å². The molecule has 6 nitrogen and oxygen atoms in total. The first kappa shape index (κ1) is 13.1. The molecule has 0 unspecified atom stereocenters. The zero-order valence-corrected chi connectivity index (χ0v) is 11.6. The van der Waals surface area contributed by atoms with Crippen LogP contribution in [0.1, 0.15) is 16.3 Å². The quantitative estimate of drug-likeness (QED) is 0.546. The fourth-order valence-electron chi connectivity index (χ4n) is 1.87. The summed E-state index contributed by atoms with van der Waals surface area (Å²) < 4.78 is 12.1. The number of carbonyl (C=O) groups is 1. The standard InChI is InChI=1S/C15H13N3O3/c1-10-6-7-13(20-10)15(19)21-12-5-3-4-11(8-12)14-16-9-18(2)17-14/h3-9H,1-2H3. The number of aromatic nitrogens is 3. The Kier molecular flexibility index (Phi) is 3.27. The Morgan fingerprint density at radius 2 is 2.14 bits per heavy atom. The Balaban J connectivity index is 1.82. The molecule has 0 aliphatic rings. The highest BCUT2D eigenvalue weighted by atomic mass is 16.5. The van der Waals surface area contributed by atoms with Crippen LogP contribution in [0.15, 0.2) is 47.1 Å². The molecule has 0 N–H and O–H groups in total. The average molecular weight is 283 g/mol. The van der Waals surface area contributed by atoms with Gasteiger partial charge in [0.15, 0.2) is 5.82 Å². The number of aryl methyl sites for hydroxylation is 2. The second-order valence-electron chi connectivity index (χ2n) is 4.57. The van der Waals surface area contributed by atoms with Crippen molar-refractivity contribution in [1.82, 2.24) is 14.8 Å². The van der Waals surface area contributed by atoms with Crippen molar-refractivity contribution in [2.24, 2.45) is 7.05 Å². The maximum absolute atomic E-state index is 11.9. The lowest BCUT2D eigenvalue weighted by atomic mass is 10.2. The predicted octanol–water partition coefficient (Wildman–Crippen LogP) is 2.60. The van der Waals surface area contributed by atoms with Crippen molar-refractivity contribution in [2.75, 3.05) is 0 Å². The maximum atomic E-state index is 11.9. The van der Waals surface area contributed by atoms with Crippen LogP contribution in [0.2, 0.25) is 0 Å². The van der Waals surface area contributed by atoms with E-state index in [2.05, 4.69) is 10.1 Å². The summed E-state index contributed by atoms with van der Waals surface area (Å²) in [4.78, 5) is 16.1. The van der Waals surface area contributed by atoms with Crippen molar-refractivity contribution in [3.63, 3.8) is 0 Å². The molecule has 3 aromatic rings. The van der Waals surface area contributed by atoms with Gasteiger partial charge in [0.25, 0.3) is 0 Å². The second-order valence-corrected chi connectivity index (χ2v) is 4.57. The molecule has 0 atom stereocenters. The lowest BCUT2D eigenvalue weighted by Gasteiger charge is -2.03. The first-order chi connectivity index (χ1) is 10.1. The summed E-state index contributed by atoms with van der Waals surface area (Å²) in [6.45, 7) is 1.77. The summed E-state index contributed by atoms with van der Waals surface area (Å²) >= 11 is 0. The van der Waals surface area contributed by atoms with Crippen LogP contribution in [0.25, 0.3) is 11.4 Å². The number of esters is 1. The molecule has 21 heavy (non-hydrogen) atoms. The van der Waals surface area contributed by atoms with Crippen LogP contribution in [0, 0.1) is 6.92 Å². The normalized spacial score (nSPS) is 10.6. The van der Waals surface area contributed by atoms with Crippen LogP contribution in [0.4, 0.5) is 0 Å². The second kappa shape index (κ2) is 5.24. The molecule has 0 spiro atoms. The first-order valence-electron chi connectivity index (χ1n) is 6.36. The molecule has 3 rings (SSSR count). The molecule has 0 amide bonds. The van der Waals surface area contributed by atoms with Gasteiger partial charge in [-0.2, -0.15) is 5.10 Å². The molecular weight excluding hydrogens is 270 g/mol. The molecule has 106 valence electrons. The third kappa shape index (κ3) is 2.84. The number of furan rings is 1. The highest BCUT2D eigenvalue weighted by molar-refractivity contribution is 5.88. The Bertz CT molecular complexity index is 789. The molecular formula is C15H13N3O3. The van der Waals surface area contributed by atoms with Crippen LogP contribution in [-0.4, -0.2) is 20.7 Å². The molecule has 0 saturated heterocycles. The first-order valence-corrected chi connectivity index (χ1v) is 6.36. The van der Waals surface area contributed by atoms with Gasteiger partial charge in [0, 0.05) is 12.6 Å². The minimum absolute atomic E-state index is 0.175. The Morgan fingerprint density at radius 3 is 2.81 bits per heavy atom. The van der Waals surface area contributed by atoms with Gasteiger partial charge in [0.1, 0.15) is 17.8 Å². The van der Waals surface area contributed by atoms with Gasteiger partial charge in [0.05, 0.1) is 0 Å². The topological polar surface area (TPSA) is 70.2 Å². The smallest absolute Gasteiger partial charge is 0.379 e. The minimum atomic E-state index is -0.533. The molecule has 1 aromatic carbocycles. The Hall–Kier alpha value is -2.89. The van der Waals surface area contributed by atoms with Crippen molar-refractivity contribution in [3.8, 4) is 17.1 Å². The number of nitrogens with zero attached hydrogens (tertiary/aromatic N) is 3. The molecule has 0 bridgehead atoms. The van der Waals surface area contributed by atoms with E-state index in [-0.39, 0.29) is 5.76 Å². The number of hydrogen-bond acceptors (Lipinski definition) is 5. The Labute approximate surface area is 121 Å². The van der Waals surface area contributed by atoms with Crippen molar-refractivity contribution >= 4 is 5.97 Å². The van der Waals surface area contributed by atoms with Crippen LogP contribution < -0.4 is 4.74 Å². The van der Waals surface area contributed by atoms with E-state index in [1.807, 2.05) is 6.07 Å². The fraction of sp³-hybridized carbons (Fsp3) is 0.133. The zero-order chi connectivity index (χ0) is 14.8. The van der Waals surface area contributed by atoms with Crippen LogP contribution in [0.3, 0.4) is 0 Å². The minimum Gasteiger partial charge on any atom is -0.454 e. The highest BCUT2D eigenvalue weighted by Crippen LogP contribution is 2.21. The monoisotopic (exact) mass is 283 g/mol. The van der Waals surface area contributed by atoms with E-state index >= 15 is 0 Å². The fourth-order valence-corrected chi connectivity index (χ4v) is 1.87. The molecule has 0 saturated carbocycles. The summed E-state index contributed by atoms with van der Waals surface area (Å²) in [5, 5.41) is 4.21. The maximum Gasteiger partial charge on any atom is 0.379 e. The number of benzene rings is 1. The summed E-state index contributed by atoms with van der Waals surface area (Å²) in [7, 11) is 1.79. The average Bonchev–Trinajstić information content (AvgIpc) is 3.08. The molecule has 0 fully saturated rings. The van der Waals surface area contributed by atoms with E-state index < -0.39 is 5.97 Å². The highest BCUT2D eigenvalue weighted by Gasteiger charge is 2.13. The van der Waals surface area contributed by atoms with E-state index in [4.69, 9.17) is 9.15 Å². The number of rotatable bonds is 3. The van der Waals surface area contributed by atoms with Crippen molar-refractivity contribution in [2.45, 2.75) is 6.92 Å². The molecule has 6 heteroatoms. The van der Waals surface area contributed by atoms with E-state index in [0.29, 0.717) is 17.3 Å². The number of ether oxygens (including phenoxy) is 1. The third-order valence-corrected chi connectivity index (χ3v) is 2.84. The third-order valence-electron chi connectivity index (χ3n) is 2.84. The molecule has 2 heterocycles. The van der Waals surface area contributed by atoms with E-state index in [0.717, 1.165) is 5.56 Å². The van der Waals surface area contributed by atoms with Crippen molar-refractivity contribution in [3.05, 3.63) is 54.2 Å². The molecule has 0 aliphatic carbocycles. The molecule has 2 aromatic heterocycles. The van der Waals surface area contributed by atoms with Gasteiger partial charge in [-0.25, -0.2) is 9.78 Å². The van der Waals surface area contributed by atoms with Crippen LogP contribution >= 0.6 is 0 Å². The van der Waals surface area contributed by atoms with Gasteiger partial charge >= 0.3 is 5.97 Å².